The third-order valence-electron chi connectivity index (χ3n) is 5.42. The molecule has 0 aliphatic carbocycles. The summed E-state index contributed by atoms with van der Waals surface area (Å²) < 4.78 is 0. The summed E-state index contributed by atoms with van der Waals surface area (Å²) in [5.74, 6) is 0.0439. The lowest BCUT2D eigenvalue weighted by Gasteiger charge is -2.30. The van der Waals surface area contributed by atoms with Crippen LogP contribution in [0, 0.1) is 0 Å². The summed E-state index contributed by atoms with van der Waals surface area (Å²) in [6.07, 6.45) is 2.46. The van der Waals surface area contributed by atoms with E-state index in [1.165, 1.54) is 18.4 Å². The Morgan fingerprint density at radius 3 is 2.31 bits per heavy atom. The zero-order chi connectivity index (χ0) is 18.6. The molecule has 1 unspecified atom stereocenters. The van der Waals surface area contributed by atoms with Crippen LogP contribution in [0.3, 0.4) is 0 Å². The van der Waals surface area contributed by atoms with E-state index < -0.39 is 5.41 Å². The Morgan fingerprint density at radius 1 is 1.08 bits per heavy atom. The fourth-order valence-corrected chi connectivity index (χ4v) is 3.63. The second kappa shape index (κ2) is 7.92. The van der Waals surface area contributed by atoms with Crippen molar-refractivity contribution in [3.05, 3.63) is 65.7 Å². The van der Waals surface area contributed by atoms with Gasteiger partial charge in [-0.15, -0.1) is 0 Å². The van der Waals surface area contributed by atoms with Gasteiger partial charge < -0.3 is 11.1 Å². The van der Waals surface area contributed by atoms with Crippen LogP contribution in [0.1, 0.15) is 43.9 Å². The number of nitrogen functional groups attached to an aromatic ring is 1. The van der Waals surface area contributed by atoms with Gasteiger partial charge in [-0.05, 0) is 63.0 Å². The number of nitrogens with zero attached hydrogens (tertiary/aromatic N) is 1. The maximum Gasteiger partial charge on any atom is 0.230 e. The summed E-state index contributed by atoms with van der Waals surface area (Å²) in [6, 6.07) is 18.3. The van der Waals surface area contributed by atoms with Crippen molar-refractivity contribution in [2.75, 3.05) is 25.4 Å². The summed E-state index contributed by atoms with van der Waals surface area (Å²) in [6.45, 7) is 6.73. The largest absolute Gasteiger partial charge is 0.399 e. The molecule has 0 radical (unpaired) electrons. The minimum Gasteiger partial charge on any atom is -0.399 e. The number of anilines is 1. The van der Waals surface area contributed by atoms with Crippen LogP contribution in [-0.4, -0.2) is 30.4 Å². The van der Waals surface area contributed by atoms with Crippen molar-refractivity contribution in [2.45, 2.75) is 38.1 Å². The van der Waals surface area contributed by atoms with Crippen LogP contribution in [0.25, 0.3) is 0 Å². The van der Waals surface area contributed by atoms with Crippen molar-refractivity contribution in [1.29, 1.82) is 0 Å². The fourth-order valence-electron chi connectivity index (χ4n) is 3.63. The predicted octanol–water partition coefficient (Wildman–Crippen LogP) is 3.50. The van der Waals surface area contributed by atoms with Crippen LogP contribution < -0.4 is 11.1 Å². The number of amides is 1. The van der Waals surface area contributed by atoms with Crippen molar-refractivity contribution >= 4 is 11.6 Å². The first kappa shape index (κ1) is 18.5. The van der Waals surface area contributed by atoms with Gasteiger partial charge in [-0.25, -0.2) is 0 Å². The van der Waals surface area contributed by atoms with Crippen LogP contribution in [0.2, 0.25) is 0 Å². The highest BCUT2D eigenvalue weighted by Crippen LogP contribution is 2.27. The first-order valence-electron chi connectivity index (χ1n) is 9.42. The molecule has 3 N–H and O–H groups in total. The molecule has 1 fully saturated rings. The van der Waals surface area contributed by atoms with Crippen LogP contribution in [0.5, 0.6) is 0 Å². The van der Waals surface area contributed by atoms with Crippen LogP contribution in [0.15, 0.2) is 54.6 Å². The molecule has 4 nitrogen and oxygen atoms in total. The van der Waals surface area contributed by atoms with Crippen molar-refractivity contribution in [1.82, 2.24) is 10.2 Å². The van der Waals surface area contributed by atoms with Gasteiger partial charge >= 0.3 is 0 Å². The summed E-state index contributed by atoms with van der Waals surface area (Å²) in [7, 11) is 0. The second-order valence-electron chi connectivity index (χ2n) is 7.63. The summed E-state index contributed by atoms with van der Waals surface area (Å²) in [4.78, 5) is 15.4. The lowest BCUT2D eigenvalue weighted by Crippen LogP contribution is -2.44. The molecule has 26 heavy (non-hydrogen) atoms. The van der Waals surface area contributed by atoms with Gasteiger partial charge in [0.2, 0.25) is 5.91 Å². The number of hydrogen-bond donors (Lipinski definition) is 2. The maximum atomic E-state index is 12.9. The smallest absolute Gasteiger partial charge is 0.230 e. The quantitative estimate of drug-likeness (QED) is 0.783. The number of benzene rings is 2. The molecule has 0 spiro atoms. The Labute approximate surface area is 156 Å². The maximum absolute atomic E-state index is 12.9. The molecular formula is C22H29N3O. The zero-order valence-electron chi connectivity index (χ0n) is 15.7. The van der Waals surface area contributed by atoms with E-state index in [0.29, 0.717) is 12.2 Å². The highest BCUT2D eigenvalue weighted by atomic mass is 16.2. The molecule has 0 bridgehead atoms. The summed E-state index contributed by atoms with van der Waals surface area (Å²) in [5, 5.41) is 3.20. The van der Waals surface area contributed by atoms with E-state index in [4.69, 9.17) is 5.73 Å². The van der Waals surface area contributed by atoms with E-state index in [0.717, 1.165) is 18.7 Å². The van der Waals surface area contributed by atoms with E-state index in [-0.39, 0.29) is 11.9 Å². The van der Waals surface area contributed by atoms with Gasteiger partial charge in [0.25, 0.3) is 0 Å². The molecule has 1 aliphatic heterocycles. The molecule has 1 aliphatic rings. The molecule has 1 atom stereocenters. The minimum absolute atomic E-state index is 0.0439. The highest BCUT2D eigenvalue weighted by Gasteiger charge is 2.31. The molecule has 4 heteroatoms. The van der Waals surface area contributed by atoms with Crippen molar-refractivity contribution < 1.29 is 4.79 Å². The summed E-state index contributed by atoms with van der Waals surface area (Å²) >= 11 is 0. The monoisotopic (exact) mass is 351 g/mol. The number of carbonyl (C=O) groups is 1. The average molecular weight is 351 g/mol. The van der Waals surface area contributed by atoms with Gasteiger partial charge in [-0.1, -0.05) is 42.5 Å². The normalized spacial score (nSPS) is 16.4. The molecule has 1 heterocycles. The van der Waals surface area contributed by atoms with E-state index in [1.54, 1.807) is 0 Å². The van der Waals surface area contributed by atoms with Crippen LogP contribution >= 0.6 is 0 Å². The van der Waals surface area contributed by atoms with Crippen molar-refractivity contribution in [3.63, 3.8) is 0 Å². The first-order chi connectivity index (χ1) is 12.5. The molecule has 0 aromatic heterocycles. The van der Waals surface area contributed by atoms with Crippen molar-refractivity contribution in [3.8, 4) is 0 Å². The molecule has 1 saturated heterocycles. The molecule has 2 aromatic carbocycles. The number of rotatable bonds is 6. The topological polar surface area (TPSA) is 58.4 Å². The lowest BCUT2D eigenvalue weighted by atomic mass is 9.83. The third-order valence-corrected chi connectivity index (χ3v) is 5.42. The van der Waals surface area contributed by atoms with E-state index in [9.17, 15) is 4.79 Å². The lowest BCUT2D eigenvalue weighted by molar-refractivity contribution is -0.125. The van der Waals surface area contributed by atoms with Crippen LogP contribution in [-0.2, 0) is 10.2 Å². The molecule has 138 valence electrons. The number of likely N-dealkylation sites (tertiary alicyclic amines) is 1. The van der Waals surface area contributed by atoms with Gasteiger partial charge in [-0.3, -0.25) is 9.69 Å². The molecular weight excluding hydrogens is 322 g/mol. The summed E-state index contributed by atoms with van der Waals surface area (Å²) in [5.41, 5.74) is 8.12. The Morgan fingerprint density at radius 2 is 1.69 bits per heavy atom. The van der Waals surface area contributed by atoms with Gasteiger partial charge in [-0.2, -0.15) is 0 Å². The minimum atomic E-state index is -0.597. The number of nitrogens with one attached hydrogen (secondary N) is 1. The molecule has 3 rings (SSSR count). The highest BCUT2D eigenvalue weighted by molar-refractivity contribution is 5.87. The van der Waals surface area contributed by atoms with Crippen LogP contribution in [0.4, 0.5) is 5.69 Å². The molecule has 2 aromatic rings. The Bertz CT molecular complexity index is 719. The van der Waals surface area contributed by atoms with E-state index in [2.05, 4.69) is 34.5 Å². The Kier molecular flexibility index (Phi) is 5.62. The number of carbonyl (C=O) groups excluding carboxylic acids is 1. The SMILES string of the molecule is CC(C)(C(=O)NCC(c1ccccc1)N1CCCC1)c1ccc(N)cc1. The average Bonchev–Trinajstić information content (AvgIpc) is 3.17. The number of hydrogen-bond acceptors (Lipinski definition) is 3. The fraction of sp³-hybridized carbons (Fsp3) is 0.409. The molecule has 0 saturated carbocycles. The first-order valence-corrected chi connectivity index (χ1v) is 9.42. The second-order valence-corrected chi connectivity index (χ2v) is 7.63. The van der Waals surface area contributed by atoms with Gasteiger partial charge in [0.1, 0.15) is 0 Å². The number of nitrogens with two attached hydrogens (primary N) is 1. The third kappa shape index (κ3) is 4.07. The Hall–Kier alpha value is -2.33. The van der Waals surface area contributed by atoms with Gasteiger partial charge in [0.05, 0.1) is 11.5 Å². The zero-order valence-corrected chi connectivity index (χ0v) is 15.7. The van der Waals surface area contributed by atoms with Gasteiger partial charge in [0.15, 0.2) is 0 Å². The standard InChI is InChI=1S/C22H29N3O/c1-22(2,18-10-12-19(23)13-11-18)21(26)24-16-20(25-14-6-7-15-25)17-8-4-3-5-9-17/h3-5,8-13,20H,6-7,14-16,23H2,1-2H3,(H,24,26). The Balaban J connectivity index is 1.71. The van der Waals surface area contributed by atoms with Gasteiger partial charge in [0, 0.05) is 12.2 Å². The molecule has 1 amide bonds. The van der Waals surface area contributed by atoms with E-state index >= 15 is 0 Å². The van der Waals surface area contributed by atoms with E-state index in [1.807, 2.05) is 44.2 Å². The van der Waals surface area contributed by atoms with Crippen molar-refractivity contribution in [2.24, 2.45) is 0 Å². The predicted molar refractivity (Wildman–Crippen MR) is 107 cm³/mol.